The van der Waals surface area contributed by atoms with Crippen LogP contribution in [0.5, 0.6) is 0 Å². The first-order valence-electron chi connectivity index (χ1n) is 5.84. The van der Waals surface area contributed by atoms with E-state index in [0.717, 1.165) is 17.4 Å². The van der Waals surface area contributed by atoms with Crippen molar-refractivity contribution in [1.82, 2.24) is 0 Å². The zero-order valence-corrected chi connectivity index (χ0v) is 11.4. The first-order valence-corrected chi connectivity index (χ1v) is 5.84. The molecule has 0 N–H and O–H groups in total. The summed E-state index contributed by atoms with van der Waals surface area (Å²) in [6.45, 7) is 0. The summed E-state index contributed by atoms with van der Waals surface area (Å²) in [5, 5.41) is 0. The summed E-state index contributed by atoms with van der Waals surface area (Å²) >= 11 is 0. The molecule has 1 nitrogen and oxygen atoms in total. The zero-order chi connectivity index (χ0) is 12.6. The van der Waals surface area contributed by atoms with E-state index in [1.165, 1.54) is 5.92 Å². The fourth-order valence-corrected chi connectivity index (χ4v) is 1.64. The molecule has 2 heteroatoms. The molecular formula is C17H14FeO+2. The van der Waals surface area contributed by atoms with Crippen molar-refractivity contribution in [3.63, 3.8) is 0 Å². The van der Waals surface area contributed by atoms with Gasteiger partial charge in [-0.2, -0.15) is 0 Å². The van der Waals surface area contributed by atoms with Gasteiger partial charge in [-0.15, -0.1) is 0 Å². The molecular weight excluding hydrogens is 276 g/mol. The van der Waals surface area contributed by atoms with Gasteiger partial charge in [0.05, 0.1) is 0 Å². The van der Waals surface area contributed by atoms with Gasteiger partial charge in [-0.25, -0.2) is 0 Å². The molecule has 0 bridgehead atoms. The second kappa shape index (κ2) is 9.33. The minimum Gasteiger partial charge on any atom is -0.298 e. The topological polar surface area (TPSA) is 17.1 Å². The first-order chi connectivity index (χ1) is 8.90. The number of hydrogen-bond donors (Lipinski definition) is 0. The van der Waals surface area contributed by atoms with Crippen LogP contribution in [-0.2, 0) is 17.1 Å². The second-order valence-corrected chi connectivity index (χ2v) is 3.88. The summed E-state index contributed by atoms with van der Waals surface area (Å²) in [7, 11) is 0. The summed E-state index contributed by atoms with van der Waals surface area (Å²) in [5.41, 5.74) is 1.87. The van der Waals surface area contributed by atoms with Crippen LogP contribution in [0.15, 0.2) is 24.3 Å². The van der Waals surface area contributed by atoms with E-state index in [2.05, 4.69) is 12.8 Å². The predicted octanol–water partition coefficient (Wildman–Crippen LogP) is 3.27. The molecule has 19 heavy (non-hydrogen) atoms. The largest absolute Gasteiger partial charge is 2.00 e. The van der Waals surface area contributed by atoms with Crippen molar-refractivity contribution in [2.45, 2.75) is 0 Å². The van der Waals surface area contributed by atoms with E-state index in [1.54, 1.807) is 0 Å². The fraction of sp³-hybridized carbons (Fsp3) is 0. The summed E-state index contributed by atoms with van der Waals surface area (Å²) in [6.07, 6.45) is 19.0. The Bertz CT molecular complexity index is 340. The molecule has 0 aromatic heterocycles. The molecule has 3 rings (SSSR count). The molecule has 0 aliphatic heterocycles. The van der Waals surface area contributed by atoms with Crippen LogP contribution in [0.2, 0.25) is 0 Å². The number of aldehydes is 1. The van der Waals surface area contributed by atoms with Gasteiger partial charge < -0.3 is 0 Å². The maximum atomic E-state index is 10.4. The summed E-state index contributed by atoms with van der Waals surface area (Å²) in [5.74, 6) is 1.19. The van der Waals surface area contributed by atoms with Gasteiger partial charge in [-0.05, 0) is 63.4 Å². The molecule has 94 valence electrons. The molecule has 2 aliphatic rings. The van der Waals surface area contributed by atoms with Gasteiger partial charge in [0, 0.05) is 11.5 Å². The second-order valence-electron chi connectivity index (χ2n) is 3.88. The van der Waals surface area contributed by atoms with E-state index >= 15 is 0 Å². The maximum Gasteiger partial charge on any atom is 2.00 e. The Kier molecular flexibility index (Phi) is 8.09. The molecule has 1 aromatic carbocycles. The van der Waals surface area contributed by atoms with Crippen LogP contribution in [0.4, 0.5) is 0 Å². The third kappa shape index (κ3) is 5.50. The molecule has 10 radical (unpaired) electrons. The minimum absolute atomic E-state index is 0. The van der Waals surface area contributed by atoms with Crippen LogP contribution in [0, 0.1) is 63.7 Å². The van der Waals surface area contributed by atoms with Crippen molar-refractivity contribution in [2.24, 2.45) is 0 Å². The average molecular weight is 290 g/mol. The van der Waals surface area contributed by atoms with Gasteiger partial charge >= 0.3 is 17.1 Å². The predicted molar refractivity (Wildman–Crippen MR) is 72.9 cm³/mol. The van der Waals surface area contributed by atoms with E-state index in [9.17, 15) is 4.79 Å². The maximum absolute atomic E-state index is 10.4. The molecule has 1 aromatic rings. The number of carbonyl (C=O) groups excluding carboxylic acids is 1. The molecule has 0 heterocycles. The quantitative estimate of drug-likeness (QED) is 0.603. The smallest absolute Gasteiger partial charge is 0.298 e. The first kappa shape index (κ1) is 16.5. The number of benzene rings is 1. The van der Waals surface area contributed by atoms with E-state index in [4.69, 9.17) is 0 Å². The van der Waals surface area contributed by atoms with Crippen molar-refractivity contribution >= 4 is 6.29 Å². The molecule has 0 atom stereocenters. The summed E-state index contributed by atoms with van der Waals surface area (Å²) in [6, 6.07) is 7.57. The van der Waals surface area contributed by atoms with Gasteiger partial charge in [0.2, 0.25) is 0 Å². The Labute approximate surface area is 127 Å². The minimum atomic E-state index is 0. The molecule has 2 fully saturated rings. The van der Waals surface area contributed by atoms with Crippen molar-refractivity contribution in [3.8, 4) is 0 Å². The van der Waals surface area contributed by atoms with Crippen LogP contribution in [0.25, 0.3) is 0 Å². The molecule has 0 unspecified atom stereocenters. The molecule has 0 saturated heterocycles. The van der Waals surface area contributed by atoms with Crippen LogP contribution in [0.3, 0.4) is 0 Å². The molecule has 0 amide bonds. The Morgan fingerprint density at radius 3 is 1.58 bits per heavy atom. The third-order valence-electron chi connectivity index (χ3n) is 2.60. The number of hydrogen-bond acceptors (Lipinski definition) is 1. The zero-order valence-electron chi connectivity index (χ0n) is 10.3. The van der Waals surface area contributed by atoms with E-state index < -0.39 is 0 Å². The van der Waals surface area contributed by atoms with Gasteiger partial charge in [-0.3, -0.25) is 4.79 Å². The van der Waals surface area contributed by atoms with Crippen LogP contribution >= 0.6 is 0 Å². The van der Waals surface area contributed by atoms with Crippen LogP contribution in [0.1, 0.15) is 15.9 Å². The van der Waals surface area contributed by atoms with Crippen molar-refractivity contribution in [2.75, 3.05) is 0 Å². The molecule has 2 saturated carbocycles. The van der Waals surface area contributed by atoms with Crippen LogP contribution in [-0.4, -0.2) is 6.29 Å². The summed E-state index contributed by atoms with van der Waals surface area (Å²) < 4.78 is 0. The standard InChI is InChI=1S/C12H9O.C5H5.Fe/c13-9-10-5-7-12(8-6-10)11-3-1-2-4-11;1-2-4-5-3-1;/h1-9H;1-5H;/q;;+2. The Morgan fingerprint density at radius 2 is 1.16 bits per heavy atom. The fourth-order valence-electron chi connectivity index (χ4n) is 1.64. The van der Waals surface area contributed by atoms with E-state index in [1.807, 2.05) is 69.2 Å². The Morgan fingerprint density at radius 1 is 0.684 bits per heavy atom. The SMILES string of the molecule is O=Cc1ccc([C]2[CH][CH][CH][CH]2)cc1.[CH]1[CH][CH][CH][CH]1.[Fe+2]. The van der Waals surface area contributed by atoms with Crippen molar-refractivity contribution in [3.05, 3.63) is 99.1 Å². The van der Waals surface area contributed by atoms with Gasteiger partial charge in [0.25, 0.3) is 0 Å². The van der Waals surface area contributed by atoms with Crippen molar-refractivity contribution in [1.29, 1.82) is 0 Å². The third-order valence-corrected chi connectivity index (χ3v) is 2.60. The van der Waals surface area contributed by atoms with E-state index in [-0.39, 0.29) is 17.1 Å². The number of rotatable bonds is 2. The van der Waals surface area contributed by atoms with Crippen LogP contribution < -0.4 is 0 Å². The monoisotopic (exact) mass is 290 g/mol. The Balaban J connectivity index is 0.000000256. The molecule has 2 aliphatic carbocycles. The molecule has 0 spiro atoms. The number of carbonyl (C=O) groups is 1. The Hall–Kier alpha value is -0.591. The van der Waals surface area contributed by atoms with Gasteiger partial charge in [-0.1, -0.05) is 24.3 Å². The van der Waals surface area contributed by atoms with E-state index in [0.29, 0.717) is 0 Å². The van der Waals surface area contributed by atoms with Gasteiger partial charge in [0.1, 0.15) is 6.29 Å². The normalized spacial score (nSPS) is 18.3. The van der Waals surface area contributed by atoms with Gasteiger partial charge in [0.15, 0.2) is 0 Å². The average Bonchev–Trinajstić information content (AvgIpc) is 3.14. The van der Waals surface area contributed by atoms with Crippen molar-refractivity contribution < 1.29 is 21.9 Å². The summed E-state index contributed by atoms with van der Waals surface area (Å²) in [4.78, 5) is 10.4.